The fourth-order valence-corrected chi connectivity index (χ4v) is 2.83. The molecule has 5 heteroatoms. The molecule has 1 atom stereocenters. The Balaban J connectivity index is 1.80. The van der Waals surface area contributed by atoms with Crippen molar-refractivity contribution in [2.45, 2.75) is 31.7 Å². The van der Waals surface area contributed by atoms with Crippen LogP contribution in [0.1, 0.15) is 24.8 Å². The van der Waals surface area contributed by atoms with Gasteiger partial charge in [0, 0.05) is 25.1 Å². The summed E-state index contributed by atoms with van der Waals surface area (Å²) in [5.41, 5.74) is 1.05. The maximum absolute atomic E-state index is 12.0. The van der Waals surface area contributed by atoms with Crippen LogP contribution in [0.25, 0.3) is 0 Å². The third-order valence-corrected chi connectivity index (χ3v) is 4.26. The van der Waals surface area contributed by atoms with E-state index in [9.17, 15) is 4.79 Å². The van der Waals surface area contributed by atoms with Crippen LogP contribution >= 0.6 is 0 Å². The lowest BCUT2D eigenvalue weighted by atomic mass is 10.1. The number of ether oxygens (including phenoxy) is 2. The SMILES string of the molecule is COc1cc(CCC(=O)NC[C@H]2CCCN2C)cc(OC)c1. The minimum atomic E-state index is 0.0992. The zero-order chi connectivity index (χ0) is 15.9. The first kappa shape index (κ1) is 16.6. The lowest BCUT2D eigenvalue weighted by molar-refractivity contribution is -0.121. The van der Waals surface area contributed by atoms with Gasteiger partial charge in [-0.3, -0.25) is 4.79 Å². The van der Waals surface area contributed by atoms with Crippen LogP contribution < -0.4 is 14.8 Å². The van der Waals surface area contributed by atoms with Gasteiger partial charge in [0.15, 0.2) is 0 Å². The Bertz CT molecular complexity index is 482. The summed E-state index contributed by atoms with van der Waals surface area (Å²) in [6.45, 7) is 1.88. The van der Waals surface area contributed by atoms with Crippen LogP contribution in [0, 0.1) is 0 Å². The lowest BCUT2D eigenvalue weighted by Crippen LogP contribution is -2.38. The number of nitrogens with zero attached hydrogens (tertiary/aromatic N) is 1. The molecule has 0 unspecified atom stereocenters. The van der Waals surface area contributed by atoms with Crippen molar-refractivity contribution in [2.24, 2.45) is 0 Å². The summed E-state index contributed by atoms with van der Waals surface area (Å²) in [6.07, 6.45) is 3.55. The number of benzene rings is 1. The summed E-state index contributed by atoms with van der Waals surface area (Å²) < 4.78 is 10.5. The number of methoxy groups -OCH3 is 2. The van der Waals surface area contributed by atoms with Gasteiger partial charge in [-0.25, -0.2) is 0 Å². The number of nitrogens with one attached hydrogen (secondary N) is 1. The van der Waals surface area contributed by atoms with Crippen LogP contribution in [0.4, 0.5) is 0 Å². The smallest absolute Gasteiger partial charge is 0.220 e. The zero-order valence-electron chi connectivity index (χ0n) is 13.7. The molecule has 2 rings (SSSR count). The Morgan fingerprint density at radius 2 is 1.95 bits per heavy atom. The molecule has 0 bridgehead atoms. The second-order valence-electron chi connectivity index (χ2n) is 5.80. The molecule has 1 aromatic carbocycles. The van der Waals surface area contributed by atoms with Gasteiger partial charge >= 0.3 is 0 Å². The molecule has 22 heavy (non-hydrogen) atoms. The van der Waals surface area contributed by atoms with E-state index in [0.717, 1.165) is 30.2 Å². The first-order chi connectivity index (χ1) is 10.6. The molecule has 5 nitrogen and oxygen atoms in total. The number of likely N-dealkylation sites (tertiary alicyclic amines) is 1. The monoisotopic (exact) mass is 306 g/mol. The Morgan fingerprint density at radius 1 is 1.27 bits per heavy atom. The molecule has 1 fully saturated rings. The van der Waals surface area contributed by atoms with E-state index in [-0.39, 0.29) is 5.91 Å². The predicted octanol–water partition coefficient (Wildman–Crippen LogP) is 1.85. The molecular weight excluding hydrogens is 280 g/mol. The van der Waals surface area contributed by atoms with Crippen LogP contribution in [-0.4, -0.2) is 51.2 Å². The minimum Gasteiger partial charge on any atom is -0.497 e. The number of hydrogen-bond donors (Lipinski definition) is 1. The molecule has 1 amide bonds. The van der Waals surface area contributed by atoms with Crippen molar-refractivity contribution in [3.05, 3.63) is 23.8 Å². The number of carbonyl (C=O) groups is 1. The molecule has 1 N–H and O–H groups in total. The van der Waals surface area contributed by atoms with Gasteiger partial charge in [0.05, 0.1) is 14.2 Å². The van der Waals surface area contributed by atoms with Crippen LogP contribution in [0.3, 0.4) is 0 Å². The average Bonchev–Trinajstić information content (AvgIpc) is 2.95. The van der Waals surface area contributed by atoms with E-state index in [4.69, 9.17) is 9.47 Å². The molecule has 122 valence electrons. The van der Waals surface area contributed by atoms with E-state index in [1.54, 1.807) is 14.2 Å². The molecule has 0 aliphatic carbocycles. The van der Waals surface area contributed by atoms with Crippen molar-refractivity contribution in [1.29, 1.82) is 0 Å². The van der Waals surface area contributed by atoms with Crippen LogP contribution in [0.5, 0.6) is 11.5 Å². The number of likely N-dealkylation sites (N-methyl/N-ethyl adjacent to an activating group) is 1. The predicted molar refractivity (Wildman–Crippen MR) is 86.5 cm³/mol. The first-order valence-corrected chi connectivity index (χ1v) is 7.81. The van der Waals surface area contributed by atoms with Gasteiger partial charge in [0.1, 0.15) is 11.5 Å². The lowest BCUT2D eigenvalue weighted by Gasteiger charge is -2.19. The Morgan fingerprint density at radius 3 is 2.50 bits per heavy atom. The van der Waals surface area contributed by atoms with E-state index in [0.29, 0.717) is 18.9 Å². The highest BCUT2D eigenvalue weighted by molar-refractivity contribution is 5.76. The third-order valence-electron chi connectivity index (χ3n) is 4.26. The topological polar surface area (TPSA) is 50.8 Å². The molecule has 0 aromatic heterocycles. The molecule has 1 aliphatic rings. The summed E-state index contributed by atoms with van der Waals surface area (Å²) in [4.78, 5) is 14.3. The summed E-state index contributed by atoms with van der Waals surface area (Å²) in [5, 5.41) is 3.04. The Labute approximate surface area is 132 Å². The number of carbonyl (C=O) groups excluding carboxylic acids is 1. The minimum absolute atomic E-state index is 0.0992. The van der Waals surface area contributed by atoms with Crippen molar-refractivity contribution < 1.29 is 14.3 Å². The van der Waals surface area contributed by atoms with Crippen LogP contribution in [-0.2, 0) is 11.2 Å². The van der Waals surface area contributed by atoms with Gasteiger partial charge in [-0.2, -0.15) is 0 Å². The molecular formula is C17H26N2O3. The maximum Gasteiger partial charge on any atom is 0.220 e. The summed E-state index contributed by atoms with van der Waals surface area (Å²) >= 11 is 0. The molecule has 0 saturated carbocycles. The molecule has 0 radical (unpaired) electrons. The third kappa shape index (κ3) is 4.63. The fraction of sp³-hybridized carbons (Fsp3) is 0.588. The van der Waals surface area contributed by atoms with E-state index < -0.39 is 0 Å². The average molecular weight is 306 g/mol. The molecule has 1 aromatic rings. The highest BCUT2D eigenvalue weighted by atomic mass is 16.5. The van der Waals surface area contributed by atoms with Crippen molar-refractivity contribution in [1.82, 2.24) is 10.2 Å². The van der Waals surface area contributed by atoms with Gasteiger partial charge in [0.2, 0.25) is 5.91 Å². The molecule has 1 aliphatic heterocycles. The van der Waals surface area contributed by atoms with Gasteiger partial charge < -0.3 is 19.7 Å². The second kappa shape index (κ2) is 8.03. The van der Waals surface area contributed by atoms with Crippen molar-refractivity contribution in [3.63, 3.8) is 0 Å². The number of aryl methyl sites for hydroxylation is 1. The highest BCUT2D eigenvalue weighted by Gasteiger charge is 2.20. The zero-order valence-corrected chi connectivity index (χ0v) is 13.7. The Hall–Kier alpha value is -1.75. The van der Waals surface area contributed by atoms with Gasteiger partial charge in [-0.15, -0.1) is 0 Å². The molecule has 1 saturated heterocycles. The van der Waals surface area contributed by atoms with Gasteiger partial charge in [-0.1, -0.05) is 0 Å². The van der Waals surface area contributed by atoms with E-state index in [1.807, 2.05) is 18.2 Å². The number of amides is 1. The molecule has 0 spiro atoms. The van der Waals surface area contributed by atoms with Crippen molar-refractivity contribution >= 4 is 5.91 Å². The summed E-state index contributed by atoms with van der Waals surface area (Å²) in [6, 6.07) is 6.21. The largest absolute Gasteiger partial charge is 0.497 e. The van der Waals surface area contributed by atoms with Crippen molar-refractivity contribution in [3.8, 4) is 11.5 Å². The number of hydrogen-bond acceptors (Lipinski definition) is 4. The first-order valence-electron chi connectivity index (χ1n) is 7.81. The number of rotatable bonds is 7. The van der Waals surface area contributed by atoms with Gasteiger partial charge in [0.25, 0.3) is 0 Å². The standard InChI is InChI=1S/C17H26N2O3/c1-19-8-4-5-14(19)12-18-17(20)7-6-13-9-15(21-2)11-16(10-13)22-3/h9-11,14H,4-8,12H2,1-3H3,(H,18,20)/t14-/m1/s1. The molecule has 1 heterocycles. The summed E-state index contributed by atoms with van der Waals surface area (Å²) in [7, 11) is 5.37. The van der Waals surface area contributed by atoms with E-state index >= 15 is 0 Å². The normalized spacial score (nSPS) is 18.2. The van der Waals surface area contributed by atoms with Gasteiger partial charge in [-0.05, 0) is 50.6 Å². The van der Waals surface area contributed by atoms with Crippen molar-refractivity contribution in [2.75, 3.05) is 34.4 Å². The highest BCUT2D eigenvalue weighted by Crippen LogP contribution is 2.23. The van der Waals surface area contributed by atoms with E-state index in [2.05, 4.69) is 17.3 Å². The Kier molecular flexibility index (Phi) is 6.07. The maximum atomic E-state index is 12.0. The van der Waals surface area contributed by atoms with E-state index in [1.165, 1.54) is 12.8 Å². The van der Waals surface area contributed by atoms with Crippen LogP contribution in [0.2, 0.25) is 0 Å². The quantitative estimate of drug-likeness (QED) is 0.835. The van der Waals surface area contributed by atoms with Crippen LogP contribution in [0.15, 0.2) is 18.2 Å². The summed E-state index contributed by atoms with van der Waals surface area (Å²) in [5.74, 6) is 1.60. The second-order valence-corrected chi connectivity index (χ2v) is 5.80. The fourth-order valence-electron chi connectivity index (χ4n) is 2.83.